The van der Waals surface area contributed by atoms with Gasteiger partial charge >= 0.3 is 6.18 Å². The van der Waals surface area contributed by atoms with E-state index >= 15 is 0 Å². The van der Waals surface area contributed by atoms with Crippen LogP contribution in [0.4, 0.5) is 13.2 Å². The first-order valence-corrected chi connectivity index (χ1v) is 7.07. The van der Waals surface area contributed by atoms with Gasteiger partial charge in [0.15, 0.2) is 0 Å². The molecule has 0 spiro atoms. The fourth-order valence-electron chi connectivity index (χ4n) is 3.15. The van der Waals surface area contributed by atoms with Crippen molar-refractivity contribution in [1.29, 1.82) is 0 Å². The Morgan fingerprint density at radius 2 is 1.56 bits per heavy atom. The molecule has 108 valence electrons. The molecule has 0 radical (unpaired) electrons. The summed E-state index contributed by atoms with van der Waals surface area (Å²) in [5.41, 5.74) is 0. The highest BCUT2D eigenvalue weighted by Crippen LogP contribution is 2.36. The highest BCUT2D eigenvalue weighted by Gasteiger charge is 2.32. The third kappa shape index (κ3) is 5.17. The number of alkyl halides is 3. The van der Waals surface area contributed by atoms with Crippen molar-refractivity contribution in [2.45, 2.75) is 64.6 Å². The first kappa shape index (κ1) is 15.8. The van der Waals surface area contributed by atoms with Crippen molar-refractivity contribution >= 4 is 0 Å². The van der Waals surface area contributed by atoms with E-state index in [4.69, 9.17) is 0 Å². The molecule has 0 aliphatic heterocycles. The molecule has 0 aromatic carbocycles. The van der Waals surface area contributed by atoms with Gasteiger partial charge in [0.05, 0.1) is 0 Å². The quantitative estimate of drug-likeness (QED) is 0.778. The van der Waals surface area contributed by atoms with E-state index in [0.717, 1.165) is 18.8 Å². The Morgan fingerprint density at radius 1 is 1.06 bits per heavy atom. The van der Waals surface area contributed by atoms with Gasteiger partial charge in [-0.1, -0.05) is 13.8 Å². The smallest absolute Gasteiger partial charge is 0.317 e. The second kappa shape index (κ2) is 6.78. The van der Waals surface area contributed by atoms with Crippen molar-refractivity contribution in [2.24, 2.45) is 17.8 Å². The van der Waals surface area contributed by atoms with Crippen molar-refractivity contribution < 1.29 is 13.2 Å². The zero-order chi connectivity index (χ0) is 13.8. The Hall–Kier alpha value is -0.250. The average Bonchev–Trinajstić information content (AvgIpc) is 2.29. The molecule has 0 aromatic rings. The predicted octanol–water partition coefficient (Wildman–Crippen LogP) is 4.38. The zero-order valence-electron chi connectivity index (χ0n) is 11.7. The minimum absolute atomic E-state index is 0.0275. The van der Waals surface area contributed by atoms with Gasteiger partial charge in [-0.3, -0.25) is 0 Å². The van der Waals surface area contributed by atoms with Crippen LogP contribution < -0.4 is 5.32 Å². The van der Waals surface area contributed by atoms with Gasteiger partial charge in [0, 0.05) is 12.5 Å². The maximum Gasteiger partial charge on any atom is 0.389 e. The topological polar surface area (TPSA) is 12.0 Å². The van der Waals surface area contributed by atoms with E-state index in [1.165, 1.54) is 12.8 Å². The molecule has 1 fully saturated rings. The average molecular weight is 265 g/mol. The minimum Gasteiger partial charge on any atom is -0.317 e. The fourth-order valence-corrected chi connectivity index (χ4v) is 3.15. The molecule has 1 atom stereocenters. The summed E-state index contributed by atoms with van der Waals surface area (Å²) < 4.78 is 36.8. The van der Waals surface area contributed by atoms with Crippen molar-refractivity contribution in [3.63, 3.8) is 0 Å². The van der Waals surface area contributed by atoms with Crippen LogP contribution in [-0.2, 0) is 0 Å². The molecule has 4 heteroatoms. The van der Waals surface area contributed by atoms with Crippen molar-refractivity contribution in [3.05, 3.63) is 0 Å². The van der Waals surface area contributed by atoms with Crippen LogP contribution in [0, 0.1) is 17.8 Å². The molecule has 0 bridgehead atoms. The standard InChI is InChI=1S/C14H26F3N/c1-10(2)11-4-6-12(7-5-11)13(18-3)8-9-14(15,16)17/h10-13,18H,4-9H2,1-3H3. The summed E-state index contributed by atoms with van der Waals surface area (Å²) in [6.45, 7) is 4.48. The fraction of sp³-hybridized carbons (Fsp3) is 1.00. The SMILES string of the molecule is CNC(CCC(F)(F)F)C1CCC(C(C)C)CC1. The number of rotatable bonds is 5. The van der Waals surface area contributed by atoms with Crippen molar-refractivity contribution in [1.82, 2.24) is 5.32 Å². The molecule has 1 nitrogen and oxygen atoms in total. The van der Waals surface area contributed by atoms with Gasteiger partial charge in [-0.2, -0.15) is 13.2 Å². The summed E-state index contributed by atoms with van der Waals surface area (Å²) in [5, 5.41) is 3.09. The summed E-state index contributed by atoms with van der Waals surface area (Å²) in [4.78, 5) is 0. The van der Waals surface area contributed by atoms with Crippen LogP contribution in [0.3, 0.4) is 0 Å². The van der Waals surface area contributed by atoms with Crippen molar-refractivity contribution in [2.75, 3.05) is 7.05 Å². The Kier molecular flexibility index (Phi) is 5.96. The molecule has 18 heavy (non-hydrogen) atoms. The molecule has 0 amide bonds. The van der Waals surface area contributed by atoms with Gasteiger partial charge in [-0.05, 0) is 56.9 Å². The number of hydrogen-bond acceptors (Lipinski definition) is 1. The maximum absolute atomic E-state index is 12.3. The Balaban J connectivity index is 2.38. The highest BCUT2D eigenvalue weighted by atomic mass is 19.4. The molecule has 1 rings (SSSR count). The van der Waals surface area contributed by atoms with Gasteiger partial charge in [0.25, 0.3) is 0 Å². The van der Waals surface area contributed by atoms with E-state index < -0.39 is 12.6 Å². The Labute approximate surface area is 109 Å². The molecule has 1 aliphatic rings. The van der Waals surface area contributed by atoms with Crippen molar-refractivity contribution in [3.8, 4) is 0 Å². The van der Waals surface area contributed by atoms with E-state index in [1.807, 2.05) is 0 Å². The number of nitrogens with one attached hydrogen (secondary N) is 1. The Morgan fingerprint density at radius 3 is 1.94 bits per heavy atom. The molecule has 1 N–H and O–H groups in total. The highest BCUT2D eigenvalue weighted by molar-refractivity contribution is 4.82. The molecule has 0 aromatic heterocycles. The largest absolute Gasteiger partial charge is 0.389 e. The van der Waals surface area contributed by atoms with Crippen LogP contribution in [0.25, 0.3) is 0 Å². The van der Waals surface area contributed by atoms with Crippen LogP contribution in [-0.4, -0.2) is 19.3 Å². The summed E-state index contributed by atoms with van der Waals surface area (Å²) in [6.07, 6.45) is 0.0291. The first-order chi connectivity index (χ1) is 8.33. The summed E-state index contributed by atoms with van der Waals surface area (Å²) in [5.74, 6) is 1.89. The monoisotopic (exact) mass is 265 g/mol. The van der Waals surface area contributed by atoms with Crippen LogP contribution in [0.1, 0.15) is 52.4 Å². The molecule has 1 unspecified atom stereocenters. The molecule has 1 saturated carbocycles. The second-order valence-corrected chi connectivity index (χ2v) is 5.97. The van der Waals surface area contributed by atoms with Gasteiger partial charge in [-0.15, -0.1) is 0 Å². The second-order valence-electron chi connectivity index (χ2n) is 5.97. The lowest BCUT2D eigenvalue weighted by Gasteiger charge is -2.35. The summed E-state index contributed by atoms with van der Waals surface area (Å²) >= 11 is 0. The number of halogens is 3. The third-order valence-electron chi connectivity index (χ3n) is 4.44. The molecule has 1 aliphatic carbocycles. The van der Waals surface area contributed by atoms with Crippen LogP contribution in [0.15, 0.2) is 0 Å². The molecular weight excluding hydrogens is 239 g/mol. The predicted molar refractivity (Wildman–Crippen MR) is 68.4 cm³/mol. The van der Waals surface area contributed by atoms with Crippen LogP contribution >= 0.6 is 0 Å². The van der Waals surface area contributed by atoms with Gasteiger partial charge < -0.3 is 5.32 Å². The molecule has 0 saturated heterocycles. The normalized spacial score (nSPS) is 27.5. The summed E-state index contributed by atoms with van der Waals surface area (Å²) in [7, 11) is 1.79. The maximum atomic E-state index is 12.3. The van der Waals surface area contributed by atoms with E-state index in [1.54, 1.807) is 7.05 Å². The van der Waals surface area contributed by atoms with E-state index in [2.05, 4.69) is 19.2 Å². The molecular formula is C14H26F3N. The first-order valence-electron chi connectivity index (χ1n) is 7.07. The van der Waals surface area contributed by atoms with Gasteiger partial charge in [-0.25, -0.2) is 0 Å². The summed E-state index contributed by atoms with van der Waals surface area (Å²) in [6, 6.07) is 0.0275. The number of hydrogen-bond donors (Lipinski definition) is 1. The van der Waals surface area contributed by atoms with E-state index in [9.17, 15) is 13.2 Å². The van der Waals surface area contributed by atoms with Gasteiger partial charge in [0.1, 0.15) is 0 Å². The molecule has 0 heterocycles. The van der Waals surface area contributed by atoms with Crippen LogP contribution in [0.5, 0.6) is 0 Å². The minimum atomic E-state index is -4.02. The zero-order valence-corrected chi connectivity index (χ0v) is 11.7. The van der Waals surface area contributed by atoms with E-state index in [0.29, 0.717) is 11.8 Å². The van der Waals surface area contributed by atoms with E-state index in [-0.39, 0.29) is 12.5 Å². The lowest BCUT2D eigenvalue weighted by Crippen LogP contribution is -2.37. The van der Waals surface area contributed by atoms with Gasteiger partial charge in [0.2, 0.25) is 0 Å². The third-order valence-corrected chi connectivity index (χ3v) is 4.44. The Bertz CT molecular complexity index is 230. The van der Waals surface area contributed by atoms with Crippen LogP contribution in [0.2, 0.25) is 0 Å². The lowest BCUT2D eigenvalue weighted by molar-refractivity contribution is -0.137. The lowest BCUT2D eigenvalue weighted by atomic mass is 9.74.